The molecule has 1 fully saturated rings. The van der Waals surface area contributed by atoms with Crippen molar-refractivity contribution in [3.8, 4) is 0 Å². The van der Waals surface area contributed by atoms with E-state index in [1.807, 2.05) is 0 Å². The van der Waals surface area contributed by atoms with Crippen molar-refractivity contribution in [3.63, 3.8) is 0 Å². The van der Waals surface area contributed by atoms with Crippen LogP contribution in [0.4, 0.5) is 0 Å². The molecular formula is C19H31N. The molecule has 1 saturated carbocycles. The molecule has 0 aromatic heterocycles. The first-order valence-electron chi connectivity index (χ1n) is 8.24. The number of hydrogen-bond donors (Lipinski definition) is 1. The zero-order valence-corrected chi connectivity index (χ0v) is 13.9. The van der Waals surface area contributed by atoms with Crippen molar-refractivity contribution in [1.82, 2.24) is 5.32 Å². The van der Waals surface area contributed by atoms with Crippen molar-refractivity contribution in [2.24, 2.45) is 17.8 Å². The summed E-state index contributed by atoms with van der Waals surface area (Å²) in [6.45, 7) is 9.20. The Balaban J connectivity index is 2.09. The summed E-state index contributed by atoms with van der Waals surface area (Å²) in [5.74, 6) is 2.54. The highest BCUT2D eigenvalue weighted by Gasteiger charge is 2.30. The van der Waals surface area contributed by atoms with Gasteiger partial charge >= 0.3 is 0 Å². The van der Waals surface area contributed by atoms with Gasteiger partial charge in [0.05, 0.1) is 0 Å². The third-order valence-corrected chi connectivity index (χ3v) is 5.41. The molecule has 112 valence electrons. The van der Waals surface area contributed by atoms with Crippen LogP contribution in [0.1, 0.15) is 49.8 Å². The van der Waals surface area contributed by atoms with Crippen LogP contribution in [0.25, 0.3) is 0 Å². The van der Waals surface area contributed by atoms with Gasteiger partial charge in [-0.05, 0) is 81.0 Å². The van der Waals surface area contributed by atoms with Crippen LogP contribution in [0.3, 0.4) is 0 Å². The summed E-state index contributed by atoms with van der Waals surface area (Å²) < 4.78 is 0. The minimum atomic E-state index is 0.701. The average Bonchev–Trinajstić information content (AvgIpc) is 2.42. The van der Waals surface area contributed by atoms with Gasteiger partial charge in [-0.1, -0.05) is 32.0 Å². The Labute approximate surface area is 125 Å². The molecule has 1 aromatic carbocycles. The Kier molecular flexibility index (Phi) is 5.26. The first-order chi connectivity index (χ1) is 9.51. The van der Waals surface area contributed by atoms with Crippen LogP contribution in [-0.2, 0) is 6.42 Å². The molecule has 0 radical (unpaired) electrons. The molecule has 0 spiro atoms. The molecule has 20 heavy (non-hydrogen) atoms. The molecule has 0 amide bonds. The van der Waals surface area contributed by atoms with Crippen molar-refractivity contribution >= 4 is 0 Å². The molecule has 1 aliphatic rings. The van der Waals surface area contributed by atoms with Gasteiger partial charge in [-0.15, -0.1) is 0 Å². The van der Waals surface area contributed by atoms with E-state index in [-0.39, 0.29) is 0 Å². The van der Waals surface area contributed by atoms with Gasteiger partial charge in [-0.2, -0.15) is 0 Å². The van der Waals surface area contributed by atoms with Crippen molar-refractivity contribution in [2.75, 3.05) is 7.05 Å². The maximum Gasteiger partial charge on any atom is 0.00957 e. The fraction of sp³-hybridized carbons (Fsp3) is 0.684. The second-order valence-corrected chi connectivity index (χ2v) is 7.10. The molecule has 0 heterocycles. The van der Waals surface area contributed by atoms with Crippen LogP contribution in [0.2, 0.25) is 0 Å². The summed E-state index contributed by atoms with van der Waals surface area (Å²) in [6.07, 6.45) is 5.35. The van der Waals surface area contributed by atoms with Crippen LogP contribution in [-0.4, -0.2) is 13.1 Å². The van der Waals surface area contributed by atoms with Gasteiger partial charge in [0.1, 0.15) is 0 Å². The van der Waals surface area contributed by atoms with Crippen LogP contribution in [0.5, 0.6) is 0 Å². The van der Waals surface area contributed by atoms with Gasteiger partial charge in [0.15, 0.2) is 0 Å². The number of nitrogens with one attached hydrogen (secondary N) is 1. The Morgan fingerprint density at radius 1 is 1.15 bits per heavy atom. The van der Waals surface area contributed by atoms with Crippen molar-refractivity contribution in [3.05, 3.63) is 34.9 Å². The lowest BCUT2D eigenvalue weighted by Crippen LogP contribution is -2.40. The minimum absolute atomic E-state index is 0.701. The number of hydrogen-bond acceptors (Lipinski definition) is 1. The third kappa shape index (κ3) is 3.63. The van der Waals surface area contributed by atoms with Gasteiger partial charge in [0.25, 0.3) is 0 Å². The number of benzene rings is 1. The SMILES string of the molecule is CNC1CCC(C(C)C)CC1Cc1ccc(C)c(C)c1. The maximum absolute atomic E-state index is 3.56. The largest absolute Gasteiger partial charge is 0.317 e. The Bertz CT molecular complexity index is 435. The molecular weight excluding hydrogens is 242 g/mol. The number of aryl methyl sites for hydroxylation is 2. The number of rotatable bonds is 4. The van der Waals surface area contributed by atoms with E-state index in [2.05, 4.69) is 58.3 Å². The summed E-state index contributed by atoms with van der Waals surface area (Å²) in [5.41, 5.74) is 4.35. The summed E-state index contributed by atoms with van der Waals surface area (Å²) in [6, 6.07) is 7.70. The average molecular weight is 273 g/mol. The minimum Gasteiger partial charge on any atom is -0.317 e. The van der Waals surface area contributed by atoms with Gasteiger partial charge in [-0.3, -0.25) is 0 Å². The summed E-state index contributed by atoms with van der Waals surface area (Å²) >= 11 is 0. The van der Waals surface area contributed by atoms with Gasteiger partial charge in [-0.25, -0.2) is 0 Å². The smallest absolute Gasteiger partial charge is 0.00957 e. The predicted octanol–water partition coefficient (Wildman–Crippen LogP) is 4.51. The highest BCUT2D eigenvalue weighted by Crippen LogP contribution is 2.35. The topological polar surface area (TPSA) is 12.0 Å². The van der Waals surface area contributed by atoms with Crippen LogP contribution < -0.4 is 5.32 Å². The molecule has 1 heteroatoms. The molecule has 3 atom stereocenters. The standard InChI is InChI=1S/C19H31N/c1-13(2)17-8-9-19(20-5)18(12-17)11-16-7-6-14(3)15(4)10-16/h6-7,10,13,17-20H,8-9,11-12H2,1-5H3. The first kappa shape index (κ1) is 15.6. The van der Waals surface area contributed by atoms with E-state index < -0.39 is 0 Å². The quantitative estimate of drug-likeness (QED) is 0.851. The predicted molar refractivity (Wildman–Crippen MR) is 88.1 cm³/mol. The van der Waals surface area contributed by atoms with E-state index in [0.29, 0.717) is 6.04 Å². The highest BCUT2D eigenvalue weighted by atomic mass is 14.9. The Morgan fingerprint density at radius 3 is 2.50 bits per heavy atom. The zero-order valence-electron chi connectivity index (χ0n) is 13.9. The third-order valence-electron chi connectivity index (χ3n) is 5.41. The molecule has 1 N–H and O–H groups in total. The lowest BCUT2D eigenvalue weighted by atomic mass is 9.71. The molecule has 2 rings (SSSR count). The van der Waals surface area contributed by atoms with E-state index in [0.717, 1.165) is 17.8 Å². The second kappa shape index (κ2) is 6.76. The van der Waals surface area contributed by atoms with Crippen LogP contribution in [0, 0.1) is 31.6 Å². The van der Waals surface area contributed by atoms with Gasteiger partial charge in [0, 0.05) is 6.04 Å². The fourth-order valence-electron chi connectivity index (χ4n) is 3.74. The van der Waals surface area contributed by atoms with Crippen molar-refractivity contribution in [2.45, 2.75) is 59.4 Å². The second-order valence-electron chi connectivity index (χ2n) is 7.10. The van der Waals surface area contributed by atoms with Crippen molar-refractivity contribution in [1.29, 1.82) is 0 Å². The Morgan fingerprint density at radius 2 is 1.90 bits per heavy atom. The van der Waals surface area contributed by atoms with Crippen LogP contribution >= 0.6 is 0 Å². The van der Waals surface area contributed by atoms with E-state index in [1.54, 1.807) is 0 Å². The molecule has 1 nitrogen and oxygen atoms in total. The molecule has 0 bridgehead atoms. The lowest BCUT2D eigenvalue weighted by Gasteiger charge is -2.38. The Hall–Kier alpha value is -0.820. The van der Waals surface area contributed by atoms with E-state index in [1.165, 1.54) is 42.4 Å². The molecule has 3 unspecified atom stereocenters. The lowest BCUT2D eigenvalue weighted by molar-refractivity contribution is 0.173. The molecule has 0 aliphatic heterocycles. The summed E-state index contributed by atoms with van der Waals surface area (Å²) in [5, 5.41) is 3.56. The molecule has 0 saturated heterocycles. The maximum atomic E-state index is 3.56. The summed E-state index contributed by atoms with van der Waals surface area (Å²) in [4.78, 5) is 0. The van der Waals surface area contributed by atoms with Gasteiger partial charge < -0.3 is 5.32 Å². The summed E-state index contributed by atoms with van der Waals surface area (Å²) in [7, 11) is 2.13. The van der Waals surface area contributed by atoms with E-state index >= 15 is 0 Å². The van der Waals surface area contributed by atoms with Crippen LogP contribution in [0.15, 0.2) is 18.2 Å². The highest BCUT2D eigenvalue weighted by molar-refractivity contribution is 5.30. The zero-order chi connectivity index (χ0) is 14.7. The fourth-order valence-corrected chi connectivity index (χ4v) is 3.74. The molecule has 1 aromatic rings. The van der Waals surface area contributed by atoms with E-state index in [9.17, 15) is 0 Å². The normalized spacial score (nSPS) is 27.0. The molecule has 1 aliphatic carbocycles. The monoisotopic (exact) mass is 273 g/mol. The first-order valence-corrected chi connectivity index (χ1v) is 8.24. The van der Waals surface area contributed by atoms with E-state index in [4.69, 9.17) is 0 Å². The van der Waals surface area contributed by atoms with Crippen molar-refractivity contribution < 1.29 is 0 Å². The van der Waals surface area contributed by atoms with Gasteiger partial charge in [0.2, 0.25) is 0 Å².